The van der Waals surface area contributed by atoms with Crippen LogP contribution in [0.15, 0.2) is 35.3 Å². The number of nitrogens with zero attached hydrogens (tertiary/aromatic N) is 2. The molecule has 142 valence electrons. The monoisotopic (exact) mass is 359 g/mol. The van der Waals surface area contributed by atoms with Gasteiger partial charge in [0.25, 0.3) is 0 Å². The highest BCUT2D eigenvalue weighted by molar-refractivity contribution is 5.81. The van der Waals surface area contributed by atoms with Gasteiger partial charge in [-0.2, -0.15) is 0 Å². The Morgan fingerprint density at radius 1 is 1.38 bits per heavy atom. The summed E-state index contributed by atoms with van der Waals surface area (Å²) in [6, 6.07) is 8.26. The fourth-order valence-electron chi connectivity index (χ4n) is 3.20. The van der Waals surface area contributed by atoms with Gasteiger partial charge in [0.1, 0.15) is 11.9 Å². The third-order valence-electron chi connectivity index (χ3n) is 4.61. The van der Waals surface area contributed by atoms with Crippen molar-refractivity contribution in [3.05, 3.63) is 35.9 Å². The van der Waals surface area contributed by atoms with Gasteiger partial charge in [-0.05, 0) is 36.6 Å². The lowest BCUT2D eigenvalue weighted by Gasteiger charge is -2.30. The van der Waals surface area contributed by atoms with E-state index >= 15 is 0 Å². The van der Waals surface area contributed by atoms with E-state index in [0.29, 0.717) is 26.4 Å². The van der Waals surface area contributed by atoms with E-state index in [1.54, 1.807) is 7.11 Å². The molecule has 1 saturated heterocycles. The number of benzene rings is 1. The van der Waals surface area contributed by atoms with Crippen LogP contribution in [0.3, 0.4) is 0 Å². The summed E-state index contributed by atoms with van der Waals surface area (Å²) in [5.74, 6) is 1.85. The van der Waals surface area contributed by atoms with Crippen molar-refractivity contribution < 1.29 is 14.2 Å². The molecule has 2 aliphatic rings. The standard InChI is InChI=1S/C20H29N3O3/c1-3-21-20(22-14-19-15-25-11-12-26-19)23-9-7-16(8-10-23)17-5-4-6-18(13-17)24-2/h4-7,13,19H,3,8-12,14-15H2,1-2H3,(H,21,22). The molecule has 0 amide bonds. The molecule has 0 bridgehead atoms. The smallest absolute Gasteiger partial charge is 0.194 e. The lowest BCUT2D eigenvalue weighted by molar-refractivity contribution is -0.0833. The summed E-state index contributed by atoms with van der Waals surface area (Å²) in [4.78, 5) is 7.05. The molecule has 1 N–H and O–H groups in total. The Bertz CT molecular complexity index is 639. The Kier molecular flexibility index (Phi) is 6.91. The van der Waals surface area contributed by atoms with Crippen molar-refractivity contribution in [1.82, 2.24) is 10.2 Å². The summed E-state index contributed by atoms with van der Waals surface area (Å²) >= 11 is 0. The first-order valence-corrected chi connectivity index (χ1v) is 9.36. The predicted molar refractivity (Wildman–Crippen MR) is 104 cm³/mol. The van der Waals surface area contributed by atoms with E-state index in [4.69, 9.17) is 19.2 Å². The fourth-order valence-corrected chi connectivity index (χ4v) is 3.20. The van der Waals surface area contributed by atoms with E-state index in [9.17, 15) is 0 Å². The lowest BCUT2D eigenvalue weighted by Crippen LogP contribution is -2.44. The largest absolute Gasteiger partial charge is 0.497 e. The van der Waals surface area contributed by atoms with E-state index in [1.165, 1.54) is 11.1 Å². The third-order valence-corrected chi connectivity index (χ3v) is 4.61. The molecule has 0 aromatic heterocycles. The minimum atomic E-state index is 0.0603. The van der Waals surface area contributed by atoms with E-state index in [-0.39, 0.29) is 6.10 Å². The molecule has 1 aromatic carbocycles. The van der Waals surface area contributed by atoms with Crippen LogP contribution in [0.1, 0.15) is 18.9 Å². The van der Waals surface area contributed by atoms with Gasteiger partial charge in [-0.25, -0.2) is 0 Å². The van der Waals surface area contributed by atoms with Crippen LogP contribution in [-0.2, 0) is 9.47 Å². The molecule has 3 rings (SSSR count). The van der Waals surface area contributed by atoms with Gasteiger partial charge in [0.15, 0.2) is 5.96 Å². The molecule has 2 heterocycles. The molecule has 2 aliphatic heterocycles. The molecule has 1 fully saturated rings. The molecule has 26 heavy (non-hydrogen) atoms. The summed E-state index contributed by atoms with van der Waals surface area (Å²) in [5.41, 5.74) is 2.60. The van der Waals surface area contributed by atoms with Gasteiger partial charge in [-0.15, -0.1) is 0 Å². The average molecular weight is 359 g/mol. The molecule has 6 heteroatoms. The van der Waals surface area contributed by atoms with Crippen molar-refractivity contribution in [2.75, 3.05) is 53.1 Å². The minimum Gasteiger partial charge on any atom is -0.497 e. The maximum absolute atomic E-state index is 5.69. The minimum absolute atomic E-state index is 0.0603. The van der Waals surface area contributed by atoms with E-state index in [0.717, 1.165) is 37.8 Å². The first-order valence-electron chi connectivity index (χ1n) is 9.36. The van der Waals surface area contributed by atoms with Crippen LogP contribution in [0, 0.1) is 0 Å². The van der Waals surface area contributed by atoms with Crippen molar-refractivity contribution in [3.63, 3.8) is 0 Å². The van der Waals surface area contributed by atoms with E-state index < -0.39 is 0 Å². The maximum Gasteiger partial charge on any atom is 0.194 e. The first-order chi connectivity index (χ1) is 12.8. The lowest BCUT2D eigenvalue weighted by atomic mass is 9.99. The SMILES string of the molecule is CCNC(=NCC1COCCO1)N1CC=C(c2cccc(OC)c2)CC1. The number of ether oxygens (including phenoxy) is 3. The highest BCUT2D eigenvalue weighted by Crippen LogP contribution is 2.25. The van der Waals surface area contributed by atoms with Crippen LogP contribution in [-0.4, -0.2) is 70.1 Å². The summed E-state index contributed by atoms with van der Waals surface area (Å²) in [5, 5.41) is 3.40. The zero-order valence-corrected chi connectivity index (χ0v) is 15.7. The predicted octanol–water partition coefficient (Wildman–Crippen LogP) is 2.17. The van der Waals surface area contributed by atoms with Gasteiger partial charge in [0.05, 0.1) is 33.5 Å². The van der Waals surface area contributed by atoms with Crippen LogP contribution in [0.25, 0.3) is 5.57 Å². The van der Waals surface area contributed by atoms with Crippen LogP contribution >= 0.6 is 0 Å². The summed E-state index contributed by atoms with van der Waals surface area (Å²) in [6.45, 7) is 7.34. The Balaban J connectivity index is 1.63. The zero-order valence-electron chi connectivity index (χ0n) is 15.7. The number of hydrogen-bond donors (Lipinski definition) is 1. The van der Waals surface area contributed by atoms with Gasteiger partial charge in [0, 0.05) is 19.6 Å². The molecule has 0 aliphatic carbocycles. The van der Waals surface area contributed by atoms with Gasteiger partial charge >= 0.3 is 0 Å². The second-order valence-electron chi connectivity index (χ2n) is 6.42. The van der Waals surface area contributed by atoms with Crippen LogP contribution in [0.5, 0.6) is 5.75 Å². The Morgan fingerprint density at radius 3 is 3.00 bits per heavy atom. The second-order valence-corrected chi connectivity index (χ2v) is 6.42. The Labute approximate surface area is 155 Å². The Hall–Kier alpha value is -2.05. The molecule has 0 saturated carbocycles. The number of methoxy groups -OCH3 is 1. The van der Waals surface area contributed by atoms with Crippen LogP contribution in [0.4, 0.5) is 0 Å². The highest BCUT2D eigenvalue weighted by atomic mass is 16.6. The quantitative estimate of drug-likeness (QED) is 0.645. The van der Waals surface area contributed by atoms with Crippen LogP contribution in [0.2, 0.25) is 0 Å². The molecule has 0 radical (unpaired) electrons. The summed E-state index contributed by atoms with van der Waals surface area (Å²) in [7, 11) is 1.70. The van der Waals surface area contributed by atoms with Crippen LogP contribution < -0.4 is 10.1 Å². The second kappa shape index (κ2) is 9.59. The normalized spacial score (nSPS) is 21.3. The number of hydrogen-bond acceptors (Lipinski definition) is 4. The van der Waals surface area contributed by atoms with Gasteiger partial charge < -0.3 is 24.4 Å². The van der Waals surface area contributed by atoms with Gasteiger partial charge in [-0.3, -0.25) is 4.99 Å². The topological polar surface area (TPSA) is 55.3 Å². The number of guanidine groups is 1. The maximum atomic E-state index is 5.69. The zero-order chi connectivity index (χ0) is 18.2. The Morgan fingerprint density at radius 2 is 2.31 bits per heavy atom. The molecule has 1 aromatic rings. The molecule has 1 atom stereocenters. The number of rotatable bonds is 5. The van der Waals surface area contributed by atoms with E-state index in [2.05, 4.69) is 35.3 Å². The number of nitrogens with one attached hydrogen (secondary N) is 1. The van der Waals surface area contributed by atoms with E-state index in [1.807, 2.05) is 12.1 Å². The first kappa shape index (κ1) is 18.7. The van der Waals surface area contributed by atoms with Gasteiger partial charge in [-0.1, -0.05) is 18.2 Å². The van der Waals surface area contributed by atoms with Crippen molar-refractivity contribution in [2.45, 2.75) is 19.4 Å². The summed E-state index contributed by atoms with van der Waals surface area (Å²) < 4.78 is 16.5. The fraction of sp³-hybridized carbons (Fsp3) is 0.550. The summed E-state index contributed by atoms with van der Waals surface area (Å²) in [6.07, 6.45) is 3.33. The highest BCUT2D eigenvalue weighted by Gasteiger charge is 2.18. The van der Waals surface area contributed by atoms with Gasteiger partial charge in [0.2, 0.25) is 0 Å². The third kappa shape index (κ3) is 4.99. The van der Waals surface area contributed by atoms with Crippen molar-refractivity contribution in [2.24, 2.45) is 4.99 Å². The molecular weight excluding hydrogens is 330 g/mol. The molecule has 6 nitrogen and oxygen atoms in total. The molecular formula is C20H29N3O3. The van der Waals surface area contributed by atoms with Crippen molar-refractivity contribution >= 4 is 11.5 Å². The van der Waals surface area contributed by atoms with Crippen molar-refractivity contribution in [1.29, 1.82) is 0 Å². The molecule has 0 spiro atoms. The van der Waals surface area contributed by atoms with Crippen molar-refractivity contribution in [3.8, 4) is 5.75 Å². The average Bonchev–Trinajstić information content (AvgIpc) is 2.72. The molecule has 1 unspecified atom stereocenters. The number of aliphatic imine (C=N–C) groups is 1.